The largest absolute Gasteiger partial charge is 0.373 e. The summed E-state index contributed by atoms with van der Waals surface area (Å²) in [7, 11) is 0. The van der Waals surface area contributed by atoms with E-state index in [1.54, 1.807) is 23.2 Å². The first-order chi connectivity index (χ1) is 14.6. The van der Waals surface area contributed by atoms with Crippen LogP contribution in [-0.4, -0.2) is 33.8 Å². The van der Waals surface area contributed by atoms with Gasteiger partial charge in [0, 0.05) is 31.0 Å². The number of nitrogens with zero attached hydrogens (tertiary/aromatic N) is 3. The summed E-state index contributed by atoms with van der Waals surface area (Å²) in [4.78, 5) is 30.1. The molecule has 7 heteroatoms. The Morgan fingerprint density at radius 1 is 1.03 bits per heavy atom. The summed E-state index contributed by atoms with van der Waals surface area (Å²) in [6.07, 6.45) is 3.57. The monoisotopic (exact) mass is 402 g/mol. The second-order valence-corrected chi connectivity index (χ2v) is 7.23. The summed E-state index contributed by atoms with van der Waals surface area (Å²) in [6, 6.07) is 19.9. The molecule has 2 heterocycles. The topological polar surface area (TPSA) is 88.4 Å². The van der Waals surface area contributed by atoms with Crippen molar-refractivity contribution in [2.75, 3.05) is 18.4 Å². The number of anilines is 1. The fourth-order valence-electron chi connectivity index (χ4n) is 3.73. The number of hydrogen-bond donors (Lipinski definition) is 1. The van der Waals surface area contributed by atoms with E-state index < -0.39 is 4.92 Å². The minimum absolute atomic E-state index is 0.111. The zero-order valence-corrected chi connectivity index (χ0v) is 16.4. The summed E-state index contributed by atoms with van der Waals surface area (Å²) in [5, 5.41) is 14.9. The van der Waals surface area contributed by atoms with E-state index in [9.17, 15) is 14.9 Å². The number of amides is 1. The van der Waals surface area contributed by atoms with E-state index in [1.165, 1.54) is 6.07 Å². The van der Waals surface area contributed by atoms with E-state index in [0.29, 0.717) is 18.8 Å². The van der Waals surface area contributed by atoms with Gasteiger partial charge in [-0.1, -0.05) is 36.4 Å². The molecule has 1 aliphatic rings. The van der Waals surface area contributed by atoms with Crippen LogP contribution in [0.5, 0.6) is 0 Å². The van der Waals surface area contributed by atoms with Gasteiger partial charge in [0.15, 0.2) is 0 Å². The van der Waals surface area contributed by atoms with Gasteiger partial charge in [0.25, 0.3) is 11.6 Å². The van der Waals surface area contributed by atoms with Gasteiger partial charge in [-0.05, 0) is 42.7 Å². The Hall–Kier alpha value is -3.74. The predicted molar refractivity (Wildman–Crippen MR) is 114 cm³/mol. The van der Waals surface area contributed by atoms with Crippen LogP contribution in [-0.2, 0) is 0 Å². The molecule has 0 aliphatic carbocycles. The van der Waals surface area contributed by atoms with E-state index in [0.717, 1.165) is 24.1 Å². The van der Waals surface area contributed by atoms with Crippen molar-refractivity contribution in [3.05, 3.63) is 99.9 Å². The van der Waals surface area contributed by atoms with Crippen molar-refractivity contribution in [1.29, 1.82) is 0 Å². The third kappa shape index (κ3) is 4.15. The standard InChI is InChI=1S/C23H22N4O3/c28-23(26-14-6-7-15-26)19-16-18(11-12-21(19)27(29)30)25-22(17-8-2-1-3-9-17)20-10-4-5-13-24-20/h1-5,8-13,16,22,25H,6-7,14-15H2. The maximum Gasteiger partial charge on any atom is 0.282 e. The van der Waals surface area contributed by atoms with Crippen molar-refractivity contribution in [3.8, 4) is 0 Å². The van der Waals surface area contributed by atoms with Crippen LogP contribution in [0.4, 0.5) is 11.4 Å². The molecule has 152 valence electrons. The lowest BCUT2D eigenvalue weighted by molar-refractivity contribution is -0.385. The van der Waals surface area contributed by atoms with Crippen LogP contribution in [0.15, 0.2) is 72.9 Å². The van der Waals surface area contributed by atoms with E-state index in [4.69, 9.17) is 0 Å². The van der Waals surface area contributed by atoms with Crippen molar-refractivity contribution in [1.82, 2.24) is 9.88 Å². The van der Waals surface area contributed by atoms with Gasteiger partial charge in [-0.15, -0.1) is 0 Å². The van der Waals surface area contributed by atoms with E-state index in [2.05, 4.69) is 10.3 Å². The molecule has 0 saturated carbocycles. The van der Waals surface area contributed by atoms with Crippen LogP contribution in [0.1, 0.15) is 40.5 Å². The van der Waals surface area contributed by atoms with Gasteiger partial charge < -0.3 is 10.2 Å². The molecule has 3 aromatic rings. The molecule has 4 rings (SSSR count). The fourth-order valence-corrected chi connectivity index (χ4v) is 3.73. The van der Waals surface area contributed by atoms with Crippen LogP contribution >= 0.6 is 0 Å². The summed E-state index contributed by atoms with van der Waals surface area (Å²) in [6.45, 7) is 1.27. The Bertz CT molecular complexity index is 995. The third-order valence-electron chi connectivity index (χ3n) is 5.24. The summed E-state index contributed by atoms with van der Waals surface area (Å²) >= 11 is 0. The van der Waals surface area contributed by atoms with Gasteiger partial charge in [0.05, 0.1) is 16.7 Å². The number of carbonyl (C=O) groups excluding carboxylic acids is 1. The number of carbonyl (C=O) groups is 1. The zero-order valence-electron chi connectivity index (χ0n) is 16.4. The highest BCUT2D eigenvalue weighted by molar-refractivity contribution is 5.99. The summed E-state index contributed by atoms with van der Waals surface area (Å²) < 4.78 is 0. The maximum atomic E-state index is 12.9. The van der Waals surface area contributed by atoms with Crippen LogP contribution in [0.3, 0.4) is 0 Å². The average molecular weight is 402 g/mol. The Morgan fingerprint density at radius 3 is 2.43 bits per heavy atom. The van der Waals surface area contributed by atoms with Crippen molar-refractivity contribution < 1.29 is 9.72 Å². The highest BCUT2D eigenvalue weighted by Gasteiger charge is 2.27. The van der Waals surface area contributed by atoms with Crippen molar-refractivity contribution >= 4 is 17.3 Å². The molecule has 0 radical (unpaired) electrons. The number of nitrogens with one attached hydrogen (secondary N) is 1. The number of benzene rings is 2. The molecule has 0 bridgehead atoms. The molecule has 1 unspecified atom stereocenters. The second-order valence-electron chi connectivity index (χ2n) is 7.23. The van der Waals surface area contributed by atoms with Crippen LogP contribution in [0.25, 0.3) is 0 Å². The molecule has 1 atom stereocenters. The molecule has 1 amide bonds. The lowest BCUT2D eigenvalue weighted by Crippen LogP contribution is -2.28. The Labute approximate surface area is 174 Å². The molecule has 30 heavy (non-hydrogen) atoms. The maximum absolute atomic E-state index is 12.9. The minimum Gasteiger partial charge on any atom is -0.373 e. The van der Waals surface area contributed by atoms with Gasteiger partial charge in [-0.3, -0.25) is 19.9 Å². The second kappa shape index (κ2) is 8.73. The molecule has 1 aliphatic heterocycles. The average Bonchev–Trinajstić information content (AvgIpc) is 3.33. The van der Waals surface area contributed by atoms with Gasteiger partial charge in [-0.2, -0.15) is 0 Å². The summed E-state index contributed by atoms with van der Waals surface area (Å²) in [5.41, 5.74) is 2.38. The molecule has 7 nitrogen and oxygen atoms in total. The van der Waals surface area contributed by atoms with Gasteiger partial charge in [-0.25, -0.2) is 0 Å². The number of pyridine rings is 1. The van der Waals surface area contributed by atoms with Crippen LogP contribution < -0.4 is 5.32 Å². The molecule has 1 saturated heterocycles. The van der Waals surface area contributed by atoms with Gasteiger partial charge in [0.1, 0.15) is 5.56 Å². The van der Waals surface area contributed by atoms with Crippen LogP contribution in [0.2, 0.25) is 0 Å². The van der Waals surface area contributed by atoms with Crippen molar-refractivity contribution in [3.63, 3.8) is 0 Å². The van der Waals surface area contributed by atoms with Gasteiger partial charge >= 0.3 is 0 Å². The minimum atomic E-state index is -0.499. The fraction of sp³-hybridized carbons (Fsp3) is 0.217. The van der Waals surface area contributed by atoms with Crippen LogP contribution in [0, 0.1) is 10.1 Å². The Balaban J connectivity index is 1.71. The zero-order chi connectivity index (χ0) is 20.9. The molecule has 1 N–H and O–H groups in total. The number of nitro benzene ring substituents is 1. The summed E-state index contributed by atoms with van der Waals surface area (Å²) in [5.74, 6) is -0.294. The lowest BCUT2D eigenvalue weighted by Gasteiger charge is -2.21. The normalized spacial score (nSPS) is 14.3. The number of likely N-dealkylation sites (tertiary alicyclic amines) is 1. The quantitative estimate of drug-likeness (QED) is 0.487. The number of rotatable bonds is 6. The first-order valence-corrected chi connectivity index (χ1v) is 9.93. The molecule has 2 aromatic carbocycles. The highest BCUT2D eigenvalue weighted by atomic mass is 16.6. The molecular weight excluding hydrogens is 380 g/mol. The van der Waals surface area contributed by atoms with Crippen molar-refractivity contribution in [2.45, 2.75) is 18.9 Å². The number of hydrogen-bond acceptors (Lipinski definition) is 5. The SMILES string of the molecule is O=C(c1cc(NC(c2ccccc2)c2ccccn2)ccc1[N+](=O)[O-])N1CCCC1. The molecular formula is C23H22N4O3. The predicted octanol–water partition coefficient (Wildman–Crippen LogP) is 4.43. The smallest absolute Gasteiger partial charge is 0.282 e. The number of aromatic nitrogens is 1. The third-order valence-corrected chi connectivity index (χ3v) is 5.24. The molecule has 1 aromatic heterocycles. The Morgan fingerprint density at radius 2 is 1.77 bits per heavy atom. The van der Waals surface area contributed by atoms with Gasteiger partial charge in [0.2, 0.25) is 0 Å². The van der Waals surface area contributed by atoms with E-state index in [1.807, 2.05) is 48.5 Å². The van der Waals surface area contributed by atoms with Crippen molar-refractivity contribution in [2.24, 2.45) is 0 Å². The highest BCUT2D eigenvalue weighted by Crippen LogP contribution is 2.30. The Kier molecular flexibility index (Phi) is 5.70. The number of nitro groups is 1. The van der Waals surface area contributed by atoms with E-state index in [-0.39, 0.29) is 23.2 Å². The first kappa shape index (κ1) is 19.6. The lowest BCUT2D eigenvalue weighted by atomic mass is 10.0. The first-order valence-electron chi connectivity index (χ1n) is 9.93. The van der Waals surface area contributed by atoms with E-state index >= 15 is 0 Å². The molecule has 0 spiro atoms. The molecule has 1 fully saturated rings.